The Balaban J connectivity index is 1.05. The van der Waals surface area contributed by atoms with E-state index < -0.39 is 0 Å². The third kappa shape index (κ3) is 5.15. The molecule has 0 saturated carbocycles. The Bertz CT molecular complexity index is 3290. The maximum Gasteiger partial charge on any atom is 0.266 e. The van der Waals surface area contributed by atoms with Gasteiger partial charge in [0.15, 0.2) is 22.4 Å². The van der Waals surface area contributed by atoms with Crippen molar-refractivity contribution in [3.63, 3.8) is 0 Å². The highest BCUT2D eigenvalue weighted by Crippen LogP contribution is 2.37. The van der Waals surface area contributed by atoms with Crippen molar-refractivity contribution in [2.24, 2.45) is 0 Å². The van der Waals surface area contributed by atoms with E-state index in [1.54, 1.807) is 4.40 Å². The van der Waals surface area contributed by atoms with Crippen LogP contribution in [0.5, 0.6) is 0 Å². The molecule has 7 aromatic carbocycles. The lowest BCUT2D eigenvalue weighted by Crippen LogP contribution is -2.11. The maximum absolute atomic E-state index is 13.7. The van der Waals surface area contributed by atoms with E-state index in [4.69, 9.17) is 19.9 Å². The summed E-state index contributed by atoms with van der Waals surface area (Å²) in [6, 6.07) is 57.5. The number of hydrogen-bond acceptors (Lipinski definition) is 6. The molecule has 0 spiro atoms. The predicted molar refractivity (Wildman–Crippen MR) is 224 cm³/mol. The van der Waals surface area contributed by atoms with E-state index in [-0.39, 0.29) is 5.56 Å². The largest absolute Gasteiger partial charge is 0.309 e. The van der Waals surface area contributed by atoms with Crippen LogP contribution in [0.4, 0.5) is 0 Å². The summed E-state index contributed by atoms with van der Waals surface area (Å²) in [5, 5.41) is 2.98. The van der Waals surface area contributed by atoms with Gasteiger partial charge in [-0.25, -0.2) is 24.3 Å². The molecule has 55 heavy (non-hydrogen) atoms. The van der Waals surface area contributed by atoms with Crippen LogP contribution < -0.4 is 5.56 Å². The van der Waals surface area contributed by atoms with E-state index in [0.717, 1.165) is 71.0 Å². The molecular weight excluding hydrogens is 697 g/mol. The molecule has 0 atom stereocenters. The second kappa shape index (κ2) is 12.4. The zero-order valence-corrected chi connectivity index (χ0v) is 30.0. The number of benzene rings is 7. The predicted octanol–water partition coefficient (Wildman–Crippen LogP) is 11.0. The third-order valence-electron chi connectivity index (χ3n) is 10.2. The number of hydrogen-bond donors (Lipinski definition) is 0. The molecule has 11 rings (SSSR count). The Labute approximate surface area is 318 Å². The van der Waals surface area contributed by atoms with Crippen LogP contribution in [0.3, 0.4) is 0 Å². The van der Waals surface area contributed by atoms with Crippen LogP contribution in [-0.4, -0.2) is 28.9 Å². The van der Waals surface area contributed by atoms with Gasteiger partial charge in [0, 0.05) is 37.9 Å². The Morgan fingerprint density at radius 1 is 0.418 bits per heavy atom. The van der Waals surface area contributed by atoms with Gasteiger partial charge in [0.25, 0.3) is 5.56 Å². The SMILES string of the molecule is O=c1c2ccccc2sc2nc3ccc(-c4ccc5c(c4)c4ccccc4n5-c4cccc(-c5nc(-c6ccccc6)nc(-c6ccccc6)n5)c4)cc3n12. The zero-order valence-electron chi connectivity index (χ0n) is 29.2. The second-order valence-corrected chi connectivity index (χ2v) is 14.5. The molecule has 0 aliphatic heterocycles. The molecular formula is C47H28N6OS. The number of imidazole rings is 1. The Morgan fingerprint density at radius 3 is 1.78 bits per heavy atom. The van der Waals surface area contributed by atoms with E-state index in [9.17, 15) is 4.79 Å². The fourth-order valence-corrected chi connectivity index (χ4v) is 8.63. The van der Waals surface area contributed by atoms with Crippen LogP contribution in [0, 0.1) is 0 Å². The fraction of sp³-hybridized carbons (Fsp3) is 0. The Kier molecular flexibility index (Phi) is 7.05. The molecule has 8 heteroatoms. The minimum atomic E-state index is -0.0468. The van der Waals surface area contributed by atoms with Crippen molar-refractivity contribution < 1.29 is 0 Å². The highest BCUT2D eigenvalue weighted by atomic mass is 32.1. The summed E-state index contributed by atoms with van der Waals surface area (Å²) in [7, 11) is 0. The minimum absolute atomic E-state index is 0.0468. The van der Waals surface area contributed by atoms with Crippen molar-refractivity contribution in [2.45, 2.75) is 0 Å². The standard InChI is InChI=1S/C47H28N6OS/c54-46-36-19-8-10-21-42(36)55-47-48-38-24-22-32(28-41(38)53(46)47)31-23-25-40-37(27-31)35-18-7-9-20-39(35)52(40)34-17-11-16-33(26-34)45-50-43(29-12-3-1-4-13-29)49-44(51-45)30-14-5-2-6-15-30/h1-28H. The van der Waals surface area contributed by atoms with Gasteiger partial charge in [0.1, 0.15) is 0 Å². The molecule has 0 unspecified atom stereocenters. The molecule has 0 aliphatic carbocycles. The van der Waals surface area contributed by atoms with Crippen molar-refractivity contribution >= 4 is 59.2 Å². The van der Waals surface area contributed by atoms with Crippen LogP contribution in [0.1, 0.15) is 0 Å². The van der Waals surface area contributed by atoms with Gasteiger partial charge in [-0.15, -0.1) is 0 Å². The highest BCUT2D eigenvalue weighted by Gasteiger charge is 2.18. The normalized spacial score (nSPS) is 11.7. The quantitative estimate of drug-likeness (QED) is 0.177. The molecule has 0 N–H and O–H groups in total. The lowest BCUT2D eigenvalue weighted by Gasteiger charge is -2.12. The van der Waals surface area contributed by atoms with Crippen molar-refractivity contribution in [3.05, 3.63) is 180 Å². The van der Waals surface area contributed by atoms with Crippen molar-refractivity contribution in [3.8, 4) is 51.0 Å². The molecule has 0 saturated heterocycles. The molecule has 0 amide bonds. The summed E-state index contributed by atoms with van der Waals surface area (Å²) < 4.78 is 4.99. The molecule has 258 valence electrons. The van der Waals surface area contributed by atoms with Gasteiger partial charge in [-0.2, -0.15) is 0 Å². The molecule has 4 aromatic heterocycles. The van der Waals surface area contributed by atoms with Gasteiger partial charge in [-0.3, -0.25) is 4.79 Å². The first kappa shape index (κ1) is 31.3. The smallest absolute Gasteiger partial charge is 0.266 e. The average molecular weight is 725 g/mol. The third-order valence-corrected chi connectivity index (χ3v) is 11.2. The number of para-hydroxylation sites is 1. The highest BCUT2D eigenvalue weighted by molar-refractivity contribution is 7.23. The summed E-state index contributed by atoms with van der Waals surface area (Å²) in [6.45, 7) is 0. The van der Waals surface area contributed by atoms with Crippen LogP contribution in [-0.2, 0) is 0 Å². The Morgan fingerprint density at radius 2 is 1.02 bits per heavy atom. The van der Waals surface area contributed by atoms with E-state index in [0.29, 0.717) is 27.8 Å². The second-order valence-electron chi connectivity index (χ2n) is 13.5. The van der Waals surface area contributed by atoms with Crippen molar-refractivity contribution in [1.82, 2.24) is 28.9 Å². The van der Waals surface area contributed by atoms with E-state index in [1.807, 2.05) is 91.0 Å². The van der Waals surface area contributed by atoms with Crippen molar-refractivity contribution in [1.29, 1.82) is 0 Å². The van der Waals surface area contributed by atoms with Gasteiger partial charge >= 0.3 is 0 Å². The Hall–Kier alpha value is -7.29. The lowest BCUT2D eigenvalue weighted by atomic mass is 10.0. The van der Waals surface area contributed by atoms with E-state index in [2.05, 4.69) is 83.4 Å². The van der Waals surface area contributed by atoms with Gasteiger partial charge in [-0.1, -0.05) is 127 Å². The van der Waals surface area contributed by atoms with Crippen LogP contribution in [0.15, 0.2) is 175 Å². The summed E-state index contributed by atoms with van der Waals surface area (Å²) in [5.41, 5.74) is 9.58. The molecule has 11 aromatic rings. The molecule has 0 bridgehead atoms. The number of aromatic nitrogens is 6. The minimum Gasteiger partial charge on any atom is -0.309 e. The van der Waals surface area contributed by atoms with Crippen molar-refractivity contribution in [2.75, 3.05) is 0 Å². The van der Waals surface area contributed by atoms with Crippen LogP contribution in [0.25, 0.3) is 98.9 Å². The summed E-state index contributed by atoms with van der Waals surface area (Å²) in [5.74, 6) is 1.86. The number of fused-ring (bicyclic) bond motifs is 7. The fourth-order valence-electron chi connectivity index (χ4n) is 7.60. The summed E-state index contributed by atoms with van der Waals surface area (Å²) >= 11 is 1.53. The zero-order chi connectivity index (χ0) is 36.5. The number of nitrogens with zero attached hydrogens (tertiary/aromatic N) is 6. The maximum atomic E-state index is 13.7. The van der Waals surface area contributed by atoms with Crippen LogP contribution in [0.2, 0.25) is 0 Å². The first-order valence-corrected chi connectivity index (χ1v) is 18.8. The first-order valence-electron chi connectivity index (χ1n) is 18.0. The molecule has 0 fully saturated rings. The van der Waals surface area contributed by atoms with E-state index in [1.165, 1.54) is 11.3 Å². The molecule has 0 radical (unpaired) electrons. The first-order chi connectivity index (χ1) is 27.2. The average Bonchev–Trinajstić information content (AvgIpc) is 3.79. The van der Waals surface area contributed by atoms with E-state index >= 15 is 0 Å². The molecule has 4 heterocycles. The van der Waals surface area contributed by atoms with Gasteiger partial charge in [0.05, 0.1) is 27.5 Å². The topological polar surface area (TPSA) is 78.0 Å². The molecule has 0 aliphatic rings. The molecule has 7 nitrogen and oxygen atoms in total. The monoisotopic (exact) mass is 724 g/mol. The number of rotatable bonds is 5. The van der Waals surface area contributed by atoms with Gasteiger partial charge in [-0.05, 0) is 65.7 Å². The lowest BCUT2D eigenvalue weighted by molar-refractivity contribution is 1.07. The van der Waals surface area contributed by atoms with Gasteiger partial charge < -0.3 is 4.57 Å². The summed E-state index contributed by atoms with van der Waals surface area (Å²) in [6.07, 6.45) is 0. The summed E-state index contributed by atoms with van der Waals surface area (Å²) in [4.78, 5) is 34.1. The van der Waals surface area contributed by atoms with Gasteiger partial charge in [0.2, 0.25) is 0 Å². The van der Waals surface area contributed by atoms with Crippen LogP contribution >= 0.6 is 11.3 Å².